The molecule has 9 heteroatoms. The van der Waals surface area contributed by atoms with Crippen LogP contribution in [0.2, 0.25) is 10.6 Å². The summed E-state index contributed by atoms with van der Waals surface area (Å²) in [5.74, 6) is -0.0589. The molecule has 1 aromatic heterocycles. The van der Waals surface area contributed by atoms with Crippen molar-refractivity contribution in [3.05, 3.63) is 10.6 Å². The van der Waals surface area contributed by atoms with Crippen LogP contribution in [0, 0.1) is 0 Å². The second kappa shape index (κ2) is 5.93. The fourth-order valence-corrected chi connectivity index (χ4v) is 6.22. The molecule has 0 bridgehead atoms. The van der Waals surface area contributed by atoms with E-state index in [1.54, 1.807) is 11.8 Å². The molecule has 2 fully saturated rings. The molecule has 6 nitrogen and oxygen atoms in total. The monoisotopic (exact) mass is 375 g/mol. The molecule has 1 aromatic rings. The van der Waals surface area contributed by atoms with Gasteiger partial charge in [-0.15, -0.1) is 11.8 Å². The second-order valence-corrected chi connectivity index (χ2v) is 9.25. The molecule has 126 valence electrons. The smallest absolute Gasteiger partial charge is 0.241 e. The first-order valence-electron chi connectivity index (χ1n) is 7.61. The molecular weight excluding hydrogens is 357 g/mol. The normalized spacial score (nSPS) is 25.7. The van der Waals surface area contributed by atoms with Gasteiger partial charge in [-0.2, -0.15) is 15.0 Å². The van der Waals surface area contributed by atoms with E-state index in [0.717, 1.165) is 25.7 Å². The quantitative estimate of drug-likeness (QED) is 0.854. The number of carbonyl (C=O) groups excluding carboxylic acids is 1. The predicted octanol–water partition coefficient (Wildman–Crippen LogP) is 3.02. The van der Waals surface area contributed by atoms with Crippen molar-refractivity contribution in [1.29, 1.82) is 0 Å². The van der Waals surface area contributed by atoms with Crippen molar-refractivity contribution in [2.24, 2.45) is 5.73 Å². The summed E-state index contributed by atoms with van der Waals surface area (Å²) in [6.45, 7) is 4.07. The van der Waals surface area contributed by atoms with E-state index >= 15 is 0 Å². The summed E-state index contributed by atoms with van der Waals surface area (Å²) in [5.41, 5.74) is 5.74. The molecule has 1 aliphatic carbocycles. The Balaban J connectivity index is 2.14. The number of primary amides is 1. The van der Waals surface area contributed by atoms with Crippen LogP contribution in [0.4, 0.5) is 5.95 Å². The van der Waals surface area contributed by atoms with Gasteiger partial charge in [-0.3, -0.25) is 4.79 Å². The van der Waals surface area contributed by atoms with Crippen molar-refractivity contribution in [2.75, 3.05) is 4.90 Å². The first-order chi connectivity index (χ1) is 10.8. The molecule has 1 aliphatic heterocycles. The van der Waals surface area contributed by atoms with E-state index in [1.165, 1.54) is 6.42 Å². The summed E-state index contributed by atoms with van der Waals surface area (Å²) in [4.78, 5) is 26.2. The Kier molecular flexibility index (Phi) is 4.40. The Morgan fingerprint density at radius 1 is 1.17 bits per heavy atom. The number of nitrogens with zero attached hydrogens (tertiary/aromatic N) is 4. The van der Waals surface area contributed by atoms with Gasteiger partial charge in [0.25, 0.3) is 0 Å². The highest BCUT2D eigenvalue weighted by Crippen LogP contribution is 2.57. The number of anilines is 1. The maximum absolute atomic E-state index is 12.2. The van der Waals surface area contributed by atoms with Crippen molar-refractivity contribution in [3.63, 3.8) is 0 Å². The van der Waals surface area contributed by atoms with Gasteiger partial charge in [0.15, 0.2) is 0 Å². The fraction of sp³-hybridized carbons (Fsp3) is 0.714. The van der Waals surface area contributed by atoms with Gasteiger partial charge in [0, 0.05) is 4.75 Å². The highest BCUT2D eigenvalue weighted by atomic mass is 35.5. The van der Waals surface area contributed by atoms with Crippen molar-refractivity contribution < 1.29 is 4.79 Å². The summed E-state index contributed by atoms with van der Waals surface area (Å²) in [7, 11) is 0. The van der Waals surface area contributed by atoms with E-state index in [0.29, 0.717) is 5.95 Å². The average molecular weight is 376 g/mol. The van der Waals surface area contributed by atoms with Gasteiger partial charge in [-0.05, 0) is 49.9 Å². The van der Waals surface area contributed by atoms with Crippen LogP contribution in [0.3, 0.4) is 0 Å². The molecule has 1 saturated heterocycles. The van der Waals surface area contributed by atoms with Crippen LogP contribution in [0.5, 0.6) is 0 Å². The van der Waals surface area contributed by atoms with Crippen molar-refractivity contribution >= 4 is 46.8 Å². The Morgan fingerprint density at radius 2 is 1.74 bits per heavy atom. The van der Waals surface area contributed by atoms with E-state index in [2.05, 4.69) is 15.0 Å². The van der Waals surface area contributed by atoms with Gasteiger partial charge in [0.2, 0.25) is 22.4 Å². The zero-order chi connectivity index (χ0) is 16.8. The maximum Gasteiger partial charge on any atom is 0.241 e. The summed E-state index contributed by atoms with van der Waals surface area (Å²) in [5, 5.41) is 0.0350. The molecule has 2 N–H and O–H groups in total. The lowest BCUT2D eigenvalue weighted by Crippen LogP contribution is -2.55. The number of aromatic nitrogens is 3. The lowest BCUT2D eigenvalue weighted by molar-refractivity contribution is -0.119. The topological polar surface area (TPSA) is 85.0 Å². The molecule has 0 radical (unpaired) electrons. The van der Waals surface area contributed by atoms with Crippen LogP contribution < -0.4 is 10.6 Å². The number of hydrogen-bond donors (Lipinski definition) is 1. The van der Waals surface area contributed by atoms with Gasteiger partial charge >= 0.3 is 0 Å². The van der Waals surface area contributed by atoms with Crippen LogP contribution in [0.15, 0.2) is 0 Å². The second-order valence-electron chi connectivity index (χ2n) is 6.56. The van der Waals surface area contributed by atoms with E-state index in [9.17, 15) is 4.79 Å². The zero-order valence-corrected chi connectivity index (χ0v) is 15.4. The van der Waals surface area contributed by atoms with E-state index < -0.39 is 11.9 Å². The van der Waals surface area contributed by atoms with Crippen molar-refractivity contribution in [3.8, 4) is 0 Å². The SMILES string of the molecule is CC1(C)SC2(CCCCC2)N(c2nc(Cl)nc(Cl)n2)C1C(N)=O. The van der Waals surface area contributed by atoms with E-state index in [4.69, 9.17) is 28.9 Å². The molecule has 2 heterocycles. The predicted molar refractivity (Wildman–Crippen MR) is 92.8 cm³/mol. The van der Waals surface area contributed by atoms with Crippen LogP contribution >= 0.6 is 35.0 Å². The molecule has 3 rings (SSSR count). The molecule has 1 atom stereocenters. The lowest BCUT2D eigenvalue weighted by atomic mass is 9.91. The number of carbonyl (C=O) groups is 1. The van der Waals surface area contributed by atoms with Crippen LogP contribution in [0.25, 0.3) is 0 Å². The molecular formula is C14H19Cl2N5OS. The number of halogens is 2. The Bertz CT molecular complexity index is 615. The highest BCUT2D eigenvalue weighted by Gasteiger charge is 2.59. The molecule has 1 unspecified atom stereocenters. The first kappa shape index (κ1) is 17.0. The number of nitrogens with two attached hydrogens (primary N) is 1. The molecule has 23 heavy (non-hydrogen) atoms. The van der Waals surface area contributed by atoms with Gasteiger partial charge in [-0.1, -0.05) is 19.3 Å². The van der Waals surface area contributed by atoms with E-state index in [1.807, 2.05) is 18.7 Å². The largest absolute Gasteiger partial charge is 0.368 e. The van der Waals surface area contributed by atoms with Gasteiger partial charge < -0.3 is 10.6 Å². The lowest BCUT2D eigenvalue weighted by Gasteiger charge is -2.41. The number of hydrogen-bond acceptors (Lipinski definition) is 6. The molecule has 1 amide bonds. The third kappa shape index (κ3) is 2.98. The average Bonchev–Trinajstić information content (AvgIpc) is 2.65. The Morgan fingerprint density at radius 3 is 2.26 bits per heavy atom. The van der Waals surface area contributed by atoms with Crippen molar-refractivity contribution in [1.82, 2.24) is 15.0 Å². The summed E-state index contributed by atoms with van der Waals surface area (Å²) in [6, 6.07) is -0.528. The summed E-state index contributed by atoms with van der Waals surface area (Å²) in [6.07, 6.45) is 5.28. The van der Waals surface area contributed by atoms with Crippen LogP contribution in [-0.4, -0.2) is 36.5 Å². The highest BCUT2D eigenvalue weighted by molar-refractivity contribution is 8.02. The standard InChI is InChI=1S/C14H19Cl2N5OS/c1-13(2)8(9(17)22)21(12-19-10(15)18-11(16)20-12)14(23-13)6-4-3-5-7-14/h8H,3-7H2,1-2H3,(H2,17,22). The maximum atomic E-state index is 12.2. The minimum absolute atomic E-state index is 0.0175. The summed E-state index contributed by atoms with van der Waals surface area (Å²) >= 11 is 13.7. The third-order valence-corrected chi connectivity index (χ3v) is 6.57. The Labute approximate surface area is 149 Å². The number of rotatable bonds is 2. The van der Waals surface area contributed by atoms with Gasteiger partial charge in [0.05, 0.1) is 4.87 Å². The van der Waals surface area contributed by atoms with Crippen LogP contribution in [-0.2, 0) is 4.79 Å². The Hall–Kier alpha value is -0.790. The minimum Gasteiger partial charge on any atom is -0.368 e. The van der Waals surface area contributed by atoms with Crippen molar-refractivity contribution in [2.45, 2.75) is 61.6 Å². The summed E-state index contributed by atoms with van der Waals surface area (Å²) < 4.78 is -0.352. The molecule has 1 saturated carbocycles. The van der Waals surface area contributed by atoms with E-state index in [-0.39, 0.29) is 20.2 Å². The fourth-order valence-electron chi connectivity index (χ4n) is 3.78. The zero-order valence-electron chi connectivity index (χ0n) is 13.1. The van der Waals surface area contributed by atoms with Gasteiger partial charge in [0.1, 0.15) is 6.04 Å². The number of amides is 1. The first-order valence-corrected chi connectivity index (χ1v) is 9.18. The molecule has 1 spiro atoms. The van der Waals surface area contributed by atoms with Gasteiger partial charge in [-0.25, -0.2) is 0 Å². The number of thioether (sulfide) groups is 1. The molecule has 0 aromatic carbocycles. The third-order valence-electron chi connectivity index (χ3n) is 4.50. The minimum atomic E-state index is -0.528. The van der Waals surface area contributed by atoms with Crippen LogP contribution in [0.1, 0.15) is 46.0 Å². The molecule has 2 aliphatic rings.